The minimum Gasteiger partial charge on any atom is -0.455 e. The van der Waals surface area contributed by atoms with Crippen LogP contribution >= 0.6 is 0 Å². The first-order valence-electron chi connectivity index (χ1n) is 14.0. The van der Waals surface area contributed by atoms with Gasteiger partial charge in [0.05, 0.1) is 0 Å². The van der Waals surface area contributed by atoms with E-state index in [1.807, 2.05) is 12.2 Å². The van der Waals surface area contributed by atoms with Crippen molar-refractivity contribution in [3.63, 3.8) is 0 Å². The van der Waals surface area contributed by atoms with Crippen molar-refractivity contribution in [1.29, 1.82) is 0 Å². The van der Waals surface area contributed by atoms with Crippen molar-refractivity contribution in [2.45, 2.75) is 44.9 Å². The highest BCUT2D eigenvalue weighted by Crippen LogP contribution is 2.50. The van der Waals surface area contributed by atoms with E-state index in [9.17, 15) is 0 Å². The monoisotopic (exact) mass is 520 g/mol. The molecule has 0 aliphatic heterocycles. The average molecular weight is 521 g/mol. The molecule has 6 rings (SSSR count). The Balaban J connectivity index is 1.50. The zero-order valence-corrected chi connectivity index (χ0v) is 24.0. The van der Waals surface area contributed by atoms with Crippen molar-refractivity contribution in [3.05, 3.63) is 149 Å². The molecular formula is C39H36O. The third-order valence-corrected chi connectivity index (χ3v) is 8.96. The molecule has 1 heterocycles. The van der Waals surface area contributed by atoms with Crippen molar-refractivity contribution in [2.75, 3.05) is 0 Å². The molecular weight excluding hydrogens is 484 g/mol. The zero-order valence-electron chi connectivity index (χ0n) is 24.0. The van der Waals surface area contributed by atoms with Gasteiger partial charge in [0.1, 0.15) is 11.5 Å². The van der Waals surface area contributed by atoms with Gasteiger partial charge in [-0.15, -0.1) is 0 Å². The van der Waals surface area contributed by atoms with Crippen LogP contribution in [-0.2, 0) is 17.3 Å². The van der Waals surface area contributed by atoms with Crippen molar-refractivity contribution >= 4 is 17.7 Å². The number of benzene rings is 3. The van der Waals surface area contributed by atoms with Gasteiger partial charge in [-0.3, -0.25) is 0 Å². The third-order valence-electron chi connectivity index (χ3n) is 8.96. The number of furan rings is 1. The van der Waals surface area contributed by atoms with Gasteiger partial charge in [0.2, 0.25) is 0 Å². The number of hydrogen-bond donors (Lipinski definition) is 0. The molecule has 1 heteroatoms. The largest absolute Gasteiger partial charge is 0.455 e. The van der Waals surface area contributed by atoms with Gasteiger partial charge in [0, 0.05) is 33.1 Å². The molecule has 3 aromatic carbocycles. The summed E-state index contributed by atoms with van der Waals surface area (Å²) in [4.78, 5) is 0. The maximum atomic E-state index is 6.79. The Hall–Kier alpha value is -4.36. The van der Waals surface area contributed by atoms with Crippen LogP contribution in [0.3, 0.4) is 0 Å². The van der Waals surface area contributed by atoms with Crippen molar-refractivity contribution in [1.82, 2.24) is 0 Å². The van der Waals surface area contributed by atoms with Crippen LogP contribution in [0.25, 0.3) is 40.2 Å². The van der Waals surface area contributed by atoms with Gasteiger partial charge in [-0.25, -0.2) is 0 Å². The van der Waals surface area contributed by atoms with Crippen LogP contribution in [0.2, 0.25) is 0 Å². The molecule has 0 amide bonds. The Kier molecular flexibility index (Phi) is 6.07. The number of rotatable bonds is 4. The lowest BCUT2D eigenvalue weighted by atomic mass is 9.75. The quantitative estimate of drug-likeness (QED) is 0.261. The van der Waals surface area contributed by atoms with Crippen LogP contribution in [-0.4, -0.2) is 0 Å². The highest BCUT2D eigenvalue weighted by atomic mass is 16.3. The molecule has 4 aromatic rings. The summed E-state index contributed by atoms with van der Waals surface area (Å²) < 4.78 is 6.79. The lowest BCUT2D eigenvalue weighted by Crippen LogP contribution is -2.20. The number of allylic oxidation sites excluding steroid dienone is 5. The fourth-order valence-corrected chi connectivity index (χ4v) is 6.49. The summed E-state index contributed by atoms with van der Waals surface area (Å²) in [6.07, 6.45) is 11.2. The van der Waals surface area contributed by atoms with E-state index in [1.165, 1.54) is 33.4 Å². The van der Waals surface area contributed by atoms with Crippen molar-refractivity contribution < 1.29 is 4.42 Å². The van der Waals surface area contributed by atoms with Crippen molar-refractivity contribution in [3.8, 4) is 22.5 Å². The molecule has 2 aliphatic rings. The molecule has 0 unspecified atom stereocenters. The smallest absolute Gasteiger partial charge is 0.142 e. The normalized spacial score (nSPS) is 18.7. The summed E-state index contributed by atoms with van der Waals surface area (Å²) in [6, 6.07) is 24.1. The van der Waals surface area contributed by atoms with E-state index in [2.05, 4.69) is 132 Å². The molecule has 1 nitrogen and oxygen atoms in total. The van der Waals surface area contributed by atoms with E-state index in [-0.39, 0.29) is 10.8 Å². The second-order valence-corrected chi connectivity index (χ2v) is 11.9. The minimum atomic E-state index is -0.223. The van der Waals surface area contributed by atoms with Crippen LogP contribution in [0, 0.1) is 0 Å². The average Bonchev–Trinajstić information content (AvgIpc) is 3.45. The zero-order chi connectivity index (χ0) is 28.2. The highest BCUT2D eigenvalue weighted by Gasteiger charge is 2.36. The van der Waals surface area contributed by atoms with Crippen LogP contribution in [0.4, 0.5) is 0 Å². The van der Waals surface area contributed by atoms with E-state index in [0.717, 1.165) is 45.8 Å². The van der Waals surface area contributed by atoms with Gasteiger partial charge in [-0.2, -0.15) is 0 Å². The Morgan fingerprint density at radius 1 is 0.725 bits per heavy atom. The molecule has 1 aromatic heterocycles. The second-order valence-electron chi connectivity index (χ2n) is 11.9. The first-order chi connectivity index (χ1) is 19.2. The van der Waals surface area contributed by atoms with Gasteiger partial charge in [0.15, 0.2) is 0 Å². The van der Waals surface area contributed by atoms with E-state index >= 15 is 0 Å². The molecule has 2 aliphatic carbocycles. The topological polar surface area (TPSA) is 13.1 Å². The molecule has 0 saturated heterocycles. The van der Waals surface area contributed by atoms with Gasteiger partial charge >= 0.3 is 0 Å². The predicted octanol–water partition coefficient (Wildman–Crippen LogP) is 10.6. The molecule has 0 N–H and O–H groups in total. The van der Waals surface area contributed by atoms with Crippen LogP contribution in [0.15, 0.2) is 115 Å². The van der Waals surface area contributed by atoms with Crippen LogP contribution in [0.5, 0.6) is 0 Å². The molecule has 0 atom stereocenters. The summed E-state index contributed by atoms with van der Waals surface area (Å²) in [7, 11) is 0. The fourth-order valence-electron chi connectivity index (χ4n) is 6.49. The summed E-state index contributed by atoms with van der Waals surface area (Å²) in [5, 5.41) is 0. The maximum absolute atomic E-state index is 6.79. The van der Waals surface area contributed by atoms with Gasteiger partial charge < -0.3 is 4.42 Å². The fraction of sp³-hybridized carbons (Fsp3) is 0.179. The van der Waals surface area contributed by atoms with Crippen molar-refractivity contribution in [2.24, 2.45) is 0 Å². The number of hydrogen-bond acceptors (Lipinski definition) is 1. The first kappa shape index (κ1) is 25.9. The van der Waals surface area contributed by atoms with E-state index in [0.29, 0.717) is 0 Å². The highest BCUT2D eigenvalue weighted by molar-refractivity contribution is 5.89. The molecule has 0 saturated carbocycles. The van der Waals surface area contributed by atoms with Crippen LogP contribution < -0.4 is 0 Å². The summed E-state index contributed by atoms with van der Waals surface area (Å²) in [6.45, 7) is 22.0. The molecule has 0 radical (unpaired) electrons. The Morgan fingerprint density at radius 3 is 2.12 bits per heavy atom. The maximum Gasteiger partial charge on any atom is 0.142 e. The summed E-state index contributed by atoms with van der Waals surface area (Å²) >= 11 is 0. The number of fused-ring (bicyclic) bond motifs is 4. The molecule has 0 spiro atoms. The van der Waals surface area contributed by atoms with E-state index < -0.39 is 0 Å². The van der Waals surface area contributed by atoms with Gasteiger partial charge in [0.25, 0.3) is 0 Å². The molecule has 40 heavy (non-hydrogen) atoms. The Bertz CT molecular complexity index is 1760. The van der Waals surface area contributed by atoms with Gasteiger partial charge in [-0.1, -0.05) is 132 Å². The summed E-state index contributed by atoms with van der Waals surface area (Å²) in [5.74, 6) is 1.61. The van der Waals surface area contributed by atoms with E-state index in [4.69, 9.17) is 4.42 Å². The third kappa shape index (κ3) is 3.84. The molecule has 0 bridgehead atoms. The standard InChI is InChI=1S/C39H36O/c1-8-29-30(9-2)37(28-21-22-32-31-18-11-13-20-34(31)39(6,7)35(32)24-28)40-36(29)27-17-14-16-26-15-10-12-19-33(26)38(4,5)25(3)23-27/h8-15,17-24H,1-3,16H2,4-7H3/b17-14-,27-23+. The van der Waals surface area contributed by atoms with E-state index in [1.54, 1.807) is 0 Å². The van der Waals surface area contributed by atoms with Gasteiger partial charge in [-0.05, 0) is 57.5 Å². The minimum absolute atomic E-state index is 0.0889. The van der Waals surface area contributed by atoms with Crippen LogP contribution in [0.1, 0.15) is 66.8 Å². The lowest BCUT2D eigenvalue weighted by Gasteiger charge is -2.28. The second kappa shape index (κ2) is 9.38. The Morgan fingerprint density at radius 2 is 1.38 bits per heavy atom. The predicted molar refractivity (Wildman–Crippen MR) is 171 cm³/mol. The summed E-state index contributed by atoms with van der Waals surface area (Å²) in [5.41, 5.74) is 12.6. The molecule has 198 valence electrons. The first-order valence-corrected chi connectivity index (χ1v) is 14.0. The Labute approximate surface area is 238 Å². The lowest BCUT2D eigenvalue weighted by molar-refractivity contribution is 0.567. The SMILES string of the molecule is C=Cc1c(C2=C/C(=C)C(C)(C)c3ccccc3C/C=C\2)oc(-c2ccc3c(c2)C(C)(C)c2ccccc2-3)c1C=C. The molecule has 0 fully saturated rings.